The summed E-state index contributed by atoms with van der Waals surface area (Å²) in [7, 11) is 0. The number of hydrogen-bond donors (Lipinski definition) is 0. The normalized spacial score (nSPS) is 11.2. The van der Waals surface area contributed by atoms with E-state index >= 15 is 0 Å². The molecule has 1 aromatic heterocycles. The zero-order valence-corrected chi connectivity index (χ0v) is 9.27. The van der Waals surface area contributed by atoms with E-state index in [4.69, 9.17) is 5.26 Å². The SMILES string of the molecule is N#Cc1ccc(-c2cccc(C(F)(F)F)c2)s1. The smallest absolute Gasteiger partial charge is 0.192 e. The maximum atomic E-state index is 12.5. The van der Waals surface area contributed by atoms with Crippen LogP contribution in [0.3, 0.4) is 0 Å². The molecule has 0 aliphatic carbocycles. The summed E-state index contributed by atoms with van der Waals surface area (Å²) in [5, 5.41) is 8.66. The molecule has 1 heterocycles. The predicted octanol–water partition coefficient (Wildman–Crippen LogP) is 4.31. The highest BCUT2D eigenvalue weighted by Gasteiger charge is 2.30. The Bertz CT molecular complexity index is 578. The lowest BCUT2D eigenvalue weighted by molar-refractivity contribution is -0.137. The Labute approximate surface area is 99.7 Å². The molecular formula is C12H6F3NS. The van der Waals surface area contributed by atoms with Gasteiger partial charge in [-0.15, -0.1) is 11.3 Å². The molecular weight excluding hydrogens is 247 g/mol. The molecule has 0 unspecified atom stereocenters. The maximum absolute atomic E-state index is 12.5. The minimum absolute atomic E-state index is 0.478. The fourth-order valence-electron chi connectivity index (χ4n) is 1.40. The van der Waals surface area contributed by atoms with Crippen molar-refractivity contribution in [1.82, 2.24) is 0 Å². The molecule has 0 spiro atoms. The lowest BCUT2D eigenvalue weighted by Crippen LogP contribution is -2.04. The van der Waals surface area contributed by atoms with E-state index in [0.717, 1.165) is 12.1 Å². The van der Waals surface area contributed by atoms with Crippen LogP contribution in [0.25, 0.3) is 10.4 Å². The number of alkyl halides is 3. The Morgan fingerprint density at radius 2 is 1.88 bits per heavy atom. The van der Waals surface area contributed by atoms with E-state index < -0.39 is 11.7 Å². The second-order valence-electron chi connectivity index (χ2n) is 3.35. The van der Waals surface area contributed by atoms with E-state index in [2.05, 4.69) is 0 Å². The van der Waals surface area contributed by atoms with Gasteiger partial charge in [-0.2, -0.15) is 18.4 Å². The van der Waals surface area contributed by atoms with Crippen LogP contribution in [0.5, 0.6) is 0 Å². The van der Waals surface area contributed by atoms with Crippen LogP contribution >= 0.6 is 11.3 Å². The number of nitriles is 1. The highest BCUT2D eigenvalue weighted by molar-refractivity contribution is 7.16. The molecule has 0 N–H and O–H groups in total. The van der Waals surface area contributed by atoms with Crippen molar-refractivity contribution in [3.8, 4) is 16.5 Å². The van der Waals surface area contributed by atoms with E-state index in [9.17, 15) is 13.2 Å². The summed E-state index contributed by atoms with van der Waals surface area (Å²) >= 11 is 1.18. The summed E-state index contributed by atoms with van der Waals surface area (Å²) in [6.07, 6.45) is -4.34. The minimum atomic E-state index is -4.34. The summed E-state index contributed by atoms with van der Waals surface area (Å²) < 4.78 is 37.5. The minimum Gasteiger partial charge on any atom is -0.192 e. The van der Waals surface area contributed by atoms with Gasteiger partial charge in [0.25, 0.3) is 0 Å². The highest BCUT2D eigenvalue weighted by Crippen LogP contribution is 2.34. The molecule has 2 rings (SSSR count). The number of halogens is 3. The number of hydrogen-bond acceptors (Lipinski definition) is 2. The van der Waals surface area contributed by atoms with E-state index in [-0.39, 0.29) is 0 Å². The number of benzene rings is 1. The molecule has 0 aliphatic rings. The zero-order chi connectivity index (χ0) is 12.5. The first-order chi connectivity index (χ1) is 8.00. The summed E-state index contributed by atoms with van der Waals surface area (Å²) in [5.74, 6) is 0. The molecule has 0 saturated carbocycles. The van der Waals surface area contributed by atoms with Crippen molar-refractivity contribution in [1.29, 1.82) is 5.26 Å². The maximum Gasteiger partial charge on any atom is 0.416 e. The number of thiophene rings is 1. The van der Waals surface area contributed by atoms with Crippen molar-refractivity contribution >= 4 is 11.3 Å². The van der Waals surface area contributed by atoms with Crippen molar-refractivity contribution in [2.45, 2.75) is 6.18 Å². The second-order valence-corrected chi connectivity index (χ2v) is 4.44. The van der Waals surface area contributed by atoms with Gasteiger partial charge >= 0.3 is 6.18 Å². The first-order valence-corrected chi connectivity index (χ1v) is 5.50. The standard InChI is InChI=1S/C12H6F3NS/c13-12(14,15)9-3-1-2-8(6-9)11-5-4-10(7-16)17-11/h1-6H. The topological polar surface area (TPSA) is 23.8 Å². The summed E-state index contributed by atoms with van der Waals surface area (Å²) in [6.45, 7) is 0. The molecule has 5 heteroatoms. The van der Waals surface area contributed by atoms with Crippen molar-refractivity contribution < 1.29 is 13.2 Å². The van der Waals surface area contributed by atoms with Crippen molar-refractivity contribution in [2.24, 2.45) is 0 Å². The Morgan fingerprint density at radius 1 is 1.12 bits per heavy atom. The third-order valence-corrected chi connectivity index (χ3v) is 3.23. The zero-order valence-electron chi connectivity index (χ0n) is 8.45. The van der Waals surface area contributed by atoms with Crippen molar-refractivity contribution in [3.63, 3.8) is 0 Å². The average Bonchev–Trinajstić information content (AvgIpc) is 2.76. The molecule has 0 amide bonds. The molecule has 0 radical (unpaired) electrons. The molecule has 2 aromatic rings. The molecule has 0 saturated heterocycles. The fraction of sp³-hybridized carbons (Fsp3) is 0.0833. The van der Waals surface area contributed by atoms with Gasteiger partial charge in [-0.05, 0) is 29.8 Å². The van der Waals surface area contributed by atoms with E-state index in [1.165, 1.54) is 17.4 Å². The van der Waals surface area contributed by atoms with Crippen LogP contribution < -0.4 is 0 Å². The second kappa shape index (κ2) is 4.22. The Kier molecular flexibility index (Phi) is 2.90. The van der Waals surface area contributed by atoms with Gasteiger partial charge in [0, 0.05) is 4.88 Å². The molecule has 0 aliphatic heterocycles. The number of nitrogens with zero attached hydrogens (tertiary/aromatic N) is 1. The van der Waals surface area contributed by atoms with Gasteiger partial charge in [0.1, 0.15) is 10.9 Å². The van der Waals surface area contributed by atoms with Gasteiger partial charge in [-0.25, -0.2) is 0 Å². The van der Waals surface area contributed by atoms with Crippen LogP contribution in [-0.2, 0) is 6.18 Å². The highest BCUT2D eigenvalue weighted by atomic mass is 32.1. The van der Waals surface area contributed by atoms with Crippen molar-refractivity contribution in [2.75, 3.05) is 0 Å². The fourth-order valence-corrected chi connectivity index (χ4v) is 2.20. The third kappa shape index (κ3) is 2.48. The quantitative estimate of drug-likeness (QED) is 0.743. The first kappa shape index (κ1) is 11.7. The predicted molar refractivity (Wildman–Crippen MR) is 59.5 cm³/mol. The first-order valence-electron chi connectivity index (χ1n) is 4.68. The van der Waals surface area contributed by atoms with E-state index in [1.54, 1.807) is 18.2 Å². The molecule has 0 atom stereocenters. The van der Waals surface area contributed by atoms with E-state index in [0.29, 0.717) is 15.3 Å². The van der Waals surface area contributed by atoms with Crippen LogP contribution in [0.2, 0.25) is 0 Å². The average molecular weight is 253 g/mol. The number of rotatable bonds is 1. The molecule has 0 bridgehead atoms. The Hall–Kier alpha value is -1.80. The van der Waals surface area contributed by atoms with Gasteiger partial charge in [-0.3, -0.25) is 0 Å². The Balaban J connectivity index is 2.44. The van der Waals surface area contributed by atoms with E-state index in [1.807, 2.05) is 6.07 Å². The van der Waals surface area contributed by atoms with Gasteiger partial charge in [0.15, 0.2) is 0 Å². The third-order valence-electron chi connectivity index (χ3n) is 2.19. The van der Waals surface area contributed by atoms with Crippen LogP contribution in [0, 0.1) is 11.3 Å². The molecule has 17 heavy (non-hydrogen) atoms. The van der Waals surface area contributed by atoms with Crippen LogP contribution in [-0.4, -0.2) is 0 Å². The van der Waals surface area contributed by atoms with Gasteiger partial charge in [0.05, 0.1) is 5.56 Å². The summed E-state index contributed by atoms with van der Waals surface area (Å²) in [4.78, 5) is 1.14. The molecule has 1 aromatic carbocycles. The lowest BCUT2D eigenvalue weighted by Gasteiger charge is -2.07. The summed E-state index contributed by atoms with van der Waals surface area (Å²) in [5.41, 5.74) is -0.201. The monoisotopic (exact) mass is 253 g/mol. The summed E-state index contributed by atoms with van der Waals surface area (Å²) in [6, 6.07) is 10.3. The molecule has 0 fully saturated rings. The Morgan fingerprint density at radius 3 is 2.47 bits per heavy atom. The van der Waals surface area contributed by atoms with Gasteiger partial charge in [0.2, 0.25) is 0 Å². The van der Waals surface area contributed by atoms with Crippen molar-refractivity contribution in [3.05, 3.63) is 46.8 Å². The van der Waals surface area contributed by atoms with Gasteiger partial charge < -0.3 is 0 Å². The molecule has 1 nitrogen and oxygen atoms in total. The molecule has 86 valence electrons. The van der Waals surface area contributed by atoms with Crippen LogP contribution in [0.4, 0.5) is 13.2 Å². The largest absolute Gasteiger partial charge is 0.416 e. The van der Waals surface area contributed by atoms with Crippen LogP contribution in [0.1, 0.15) is 10.4 Å². The van der Waals surface area contributed by atoms with Crippen LogP contribution in [0.15, 0.2) is 36.4 Å². The van der Waals surface area contributed by atoms with Gasteiger partial charge in [-0.1, -0.05) is 12.1 Å². The lowest BCUT2D eigenvalue weighted by atomic mass is 10.1.